The molecule has 0 saturated heterocycles. The van der Waals surface area contributed by atoms with Crippen LogP contribution in [0, 0.1) is 13.8 Å². The molecule has 0 atom stereocenters. The van der Waals surface area contributed by atoms with Gasteiger partial charge in [-0.25, -0.2) is 4.68 Å². The first-order chi connectivity index (χ1) is 13.8. The van der Waals surface area contributed by atoms with Gasteiger partial charge in [-0.3, -0.25) is 0 Å². The molecular weight excluding hydrogens is 383 g/mol. The average molecular weight is 401 g/mol. The molecule has 0 fully saturated rings. The molecule has 3 heterocycles. The van der Waals surface area contributed by atoms with E-state index in [0.29, 0.717) is 12.4 Å². The van der Waals surface area contributed by atoms with E-state index in [4.69, 9.17) is 0 Å². The lowest BCUT2D eigenvalue weighted by Crippen LogP contribution is -2.21. The summed E-state index contributed by atoms with van der Waals surface area (Å²) in [6, 6.07) is 12.8. The fourth-order valence-electron chi connectivity index (χ4n) is 3.20. The van der Waals surface area contributed by atoms with Gasteiger partial charge in [0.15, 0.2) is 5.65 Å². The normalized spacial score (nSPS) is 11.9. The van der Waals surface area contributed by atoms with Crippen LogP contribution in [0.1, 0.15) is 22.8 Å². The summed E-state index contributed by atoms with van der Waals surface area (Å²) in [6.45, 7) is 4.31. The maximum atomic E-state index is 13.1. The molecule has 0 aliphatic heterocycles. The second-order valence-corrected chi connectivity index (χ2v) is 6.74. The molecule has 0 unspecified atom stereocenters. The summed E-state index contributed by atoms with van der Waals surface area (Å²) in [5.41, 5.74) is 3.78. The number of para-hydroxylation sites is 1. The summed E-state index contributed by atoms with van der Waals surface area (Å²) in [5, 5.41) is 15.4. The van der Waals surface area contributed by atoms with Crippen molar-refractivity contribution in [1.82, 2.24) is 29.6 Å². The van der Waals surface area contributed by atoms with Crippen LogP contribution in [0.5, 0.6) is 0 Å². The third-order valence-electron chi connectivity index (χ3n) is 4.73. The predicted molar refractivity (Wildman–Crippen MR) is 101 cm³/mol. The molecule has 150 valence electrons. The van der Waals surface area contributed by atoms with E-state index in [-0.39, 0.29) is 5.65 Å². The molecule has 0 radical (unpaired) electrons. The highest BCUT2D eigenvalue weighted by Gasteiger charge is 2.37. The molecule has 4 aromatic rings. The standard InChI is InChI=1S/C19H18F3N7/c1-12-15(13(2)28(25-12)14-7-5-4-6-8-14)11-27(3)17-10-9-16-23-24-18(19(20,21)22)29(16)26-17/h4-10H,11H2,1-3H3. The zero-order chi connectivity index (χ0) is 20.8. The smallest absolute Gasteiger partial charge is 0.354 e. The molecule has 10 heteroatoms. The highest BCUT2D eigenvalue weighted by molar-refractivity contribution is 5.47. The first-order valence-electron chi connectivity index (χ1n) is 8.87. The average Bonchev–Trinajstić information content (AvgIpc) is 3.24. The van der Waals surface area contributed by atoms with Gasteiger partial charge in [0.2, 0.25) is 0 Å². The molecule has 0 N–H and O–H groups in total. The van der Waals surface area contributed by atoms with Crippen molar-refractivity contribution in [3.05, 3.63) is 65.2 Å². The van der Waals surface area contributed by atoms with E-state index in [1.165, 1.54) is 6.07 Å². The van der Waals surface area contributed by atoms with Crippen LogP contribution in [-0.4, -0.2) is 36.6 Å². The number of alkyl halides is 3. The van der Waals surface area contributed by atoms with Gasteiger partial charge in [0, 0.05) is 24.8 Å². The minimum absolute atomic E-state index is 0.0405. The lowest BCUT2D eigenvalue weighted by Gasteiger charge is -2.18. The number of aryl methyl sites for hydroxylation is 1. The molecule has 3 aromatic heterocycles. The second-order valence-electron chi connectivity index (χ2n) is 6.74. The number of aromatic nitrogens is 6. The predicted octanol–water partition coefficient (Wildman–Crippen LogP) is 3.58. The summed E-state index contributed by atoms with van der Waals surface area (Å²) in [6.07, 6.45) is -4.63. The van der Waals surface area contributed by atoms with Gasteiger partial charge in [0.1, 0.15) is 5.82 Å². The number of nitrogens with zero attached hydrogens (tertiary/aromatic N) is 7. The minimum atomic E-state index is -4.63. The van der Waals surface area contributed by atoms with Crippen LogP contribution in [0.15, 0.2) is 42.5 Å². The summed E-state index contributed by atoms with van der Waals surface area (Å²) in [4.78, 5) is 1.77. The van der Waals surface area contributed by atoms with E-state index in [1.807, 2.05) is 48.9 Å². The van der Waals surface area contributed by atoms with Gasteiger partial charge < -0.3 is 4.90 Å². The van der Waals surface area contributed by atoms with Gasteiger partial charge in [-0.2, -0.15) is 22.8 Å². The number of hydrogen-bond acceptors (Lipinski definition) is 5. The molecule has 0 saturated carbocycles. The third-order valence-corrected chi connectivity index (χ3v) is 4.73. The first-order valence-corrected chi connectivity index (χ1v) is 8.87. The summed E-state index contributed by atoms with van der Waals surface area (Å²) in [5.74, 6) is -0.777. The van der Waals surface area contributed by atoms with E-state index in [1.54, 1.807) is 18.0 Å². The molecule has 0 spiro atoms. The fraction of sp³-hybridized carbons (Fsp3) is 0.263. The van der Waals surface area contributed by atoms with Gasteiger partial charge in [0.05, 0.1) is 11.4 Å². The second kappa shape index (κ2) is 6.87. The van der Waals surface area contributed by atoms with E-state index in [2.05, 4.69) is 20.4 Å². The number of benzene rings is 1. The molecule has 0 aliphatic rings. The van der Waals surface area contributed by atoms with Crippen molar-refractivity contribution >= 4 is 11.5 Å². The Hall–Kier alpha value is -3.43. The number of rotatable bonds is 4. The zero-order valence-electron chi connectivity index (χ0n) is 16.0. The SMILES string of the molecule is Cc1nn(-c2ccccc2)c(C)c1CN(C)c1ccc2nnc(C(F)(F)F)n2n1. The number of fused-ring (bicyclic) bond motifs is 1. The first kappa shape index (κ1) is 18.9. The molecule has 1 aromatic carbocycles. The highest BCUT2D eigenvalue weighted by Crippen LogP contribution is 2.28. The van der Waals surface area contributed by atoms with E-state index >= 15 is 0 Å². The van der Waals surface area contributed by atoms with Crippen LogP contribution < -0.4 is 4.90 Å². The Morgan fingerprint density at radius 3 is 2.38 bits per heavy atom. The minimum Gasteiger partial charge on any atom is -0.354 e. The van der Waals surface area contributed by atoms with Crippen LogP contribution in [0.2, 0.25) is 0 Å². The summed E-state index contributed by atoms with van der Waals surface area (Å²) < 4.78 is 41.9. The van der Waals surface area contributed by atoms with Gasteiger partial charge >= 0.3 is 6.18 Å². The van der Waals surface area contributed by atoms with Crippen molar-refractivity contribution < 1.29 is 13.2 Å². The quantitative estimate of drug-likeness (QED) is 0.523. The lowest BCUT2D eigenvalue weighted by atomic mass is 10.2. The monoisotopic (exact) mass is 401 g/mol. The van der Waals surface area contributed by atoms with E-state index in [0.717, 1.165) is 27.2 Å². The molecule has 0 amide bonds. The topological polar surface area (TPSA) is 64.1 Å². The van der Waals surface area contributed by atoms with Crippen LogP contribution in [0.25, 0.3) is 11.3 Å². The number of anilines is 1. The van der Waals surface area contributed by atoms with Crippen molar-refractivity contribution in [2.45, 2.75) is 26.6 Å². The Balaban J connectivity index is 1.67. The zero-order valence-corrected chi connectivity index (χ0v) is 16.0. The van der Waals surface area contributed by atoms with E-state index in [9.17, 15) is 13.2 Å². The maximum absolute atomic E-state index is 13.1. The maximum Gasteiger partial charge on any atom is 0.453 e. The molecule has 7 nitrogen and oxygen atoms in total. The Bertz CT molecular complexity index is 1160. The largest absolute Gasteiger partial charge is 0.453 e. The molecule has 0 bridgehead atoms. The van der Waals surface area contributed by atoms with Crippen molar-refractivity contribution in [3.8, 4) is 5.69 Å². The Labute approximate surface area is 164 Å². The van der Waals surface area contributed by atoms with Gasteiger partial charge in [-0.1, -0.05) is 18.2 Å². The molecule has 29 heavy (non-hydrogen) atoms. The van der Waals surface area contributed by atoms with Gasteiger partial charge in [-0.15, -0.1) is 15.3 Å². The van der Waals surface area contributed by atoms with Crippen molar-refractivity contribution in [3.63, 3.8) is 0 Å². The fourth-order valence-corrected chi connectivity index (χ4v) is 3.20. The van der Waals surface area contributed by atoms with Crippen molar-refractivity contribution in [1.29, 1.82) is 0 Å². The highest BCUT2D eigenvalue weighted by atomic mass is 19.4. The summed E-state index contributed by atoms with van der Waals surface area (Å²) in [7, 11) is 1.77. The molecule has 0 aliphatic carbocycles. The molecular formula is C19H18F3N7. The van der Waals surface area contributed by atoms with Gasteiger partial charge in [-0.05, 0) is 38.1 Å². The molecule has 4 rings (SSSR count). The Morgan fingerprint density at radius 1 is 0.966 bits per heavy atom. The lowest BCUT2D eigenvalue weighted by molar-refractivity contribution is -0.146. The summed E-state index contributed by atoms with van der Waals surface area (Å²) >= 11 is 0. The number of hydrogen-bond donors (Lipinski definition) is 0. The third kappa shape index (κ3) is 3.41. The van der Waals surface area contributed by atoms with Crippen molar-refractivity contribution in [2.24, 2.45) is 0 Å². The van der Waals surface area contributed by atoms with Crippen LogP contribution >= 0.6 is 0 Å². The van der Waals surface area contributed by atoms with Crippen LogP contribution in [-0.2, 0) is 12.7 Å². The Morgan fingerprint density at radius 2 is 1.69 bits per heavy atom. The van der Waals surface area contributed by atoms with Crippen molar-refractivity contribution in [2.75, 3.05) is 11.9 Å². The van der Waals surface area contributed by atoms with Gasteiger partial charge in [0.25, 0.3) is 5.82 Å². The Kier molecular flexibility index (Phi) is 4.48. The van der Waals surface area contributed by atoms with Crippen LogP contribution in [0.4, 0.5) is 19.0 Å². The van der Waals surface area contributed by atoms with Crippen LogP contribution in [0.3, 0.4) is 0 Å². The van der Waals surface area contributed by atoms with E-state index < -0.39 is 12.0 Å². The number of halogens is 3.